The number of nitrogens with one attached hydrogen (secondary N) is 2. The maximum atomic E-state index is 12.2. The Bertz CT molecular complexity index is 996. The zero-order valence-electron chi connectivity index (χ0n) is 13.3. The van der Waals surface area contributed by atoms with E-state index >= 15 is 0 Å². The van der Waals surface area contributed by atoms with E-state index in [0.717, 1.165) is 11.0 Å². The summed E-state index contributed by atoms with van der Waals surface area (Å²) in [5.74, 6) is 0.0233. The highest BCUT2D eigenvalue weighted by Crippen LogP contribution is 2.15. The highest BCUT2D eigenvalue weighted by Gasteiger charge is 2.15. The maximum Gasteiger partial charge on any atom is 0.257 e. The first kappa shape index (κ1) is 16.9. The highest BCUT2D eigenvalue weighted by molar-refractivity contribution is 7.89. The van der Waals surface area contributed by atoms with Gasteiger partial charge in [-0.05, 0) is 36.4 Å². The fourth-order valence-electron chi connectivity index (χ4n) is 2.27. The standard InChI is InChI=1S/C16H16N4O4S/c1-24-12-6-8-13(9-7-12)25(22,23)19-18-16(21)10-20-11-17-14-4-2-3-5-15(14)20/h2-9,11,19H,10H2,1H3,(H,18,21). The van der Waals surface area contributed by atoms with Crippen LogP contribution < -0.4 is 15.0 Å². The van der Waals surface area contributed by atoms with Crippen LogP contribution in [0, 0.1) is 0 Å². The van der Waals surface area contributed by atoms with E-state index in [1.807, 2.05) is 24.3 Å². The van der Waals surface area contributed by atoms with Crippen molar-refractivity contribution in [2.45, 2.75) is 11.4 Å². The second-order valence-electron chi connectivity index (χ2n) is 5.19. The van der Waals surface area contributed by atoms with E-state index in [9.17, 15) is 13.2 Å². The van der Waals surface area contributed by atoms with Crippen molar-refractivity contribution in [2.75, 3.05) is 7.11 Å². The molecule has 25 heavy (non-hydrogen) atoms. The van der Waals surface area contributed by atoms with Crippen LogP contribution in [0.25, 0.3) is 11.0 Å². The minimum atomic E-state index is -3.86. The zero-order valence-corrected chi connectivity index (χ0v) is 14.2. The lowest BCUT2D eigenvalue weighted by atomic mass is 10.3. The van der Waals surface area contributed by atoms with Crippen molar-refractivity contribution in [1.82, 2.24) is 19.8 Å². The third-order valence-electron chi connectivity index (χ3n) is 3.54. The van der Waals surface area contributed by atoms with Crippen LogP contribution in [-0.4, -0.2) is 31.0 Å². The van der Waals surface area contributed by atoms with Crippen molar-refractivity contribution in [3.63, 3.8) is 0 Å². The fourth-order valence-corrected chi connectivity index (χ4v) is 3.13. The van der Waals surface area contributed by atoms with E-state index in [1.54, 1.807) is 4.57 Å². The summed E-state index contributed by atoms with van der Waals surface area (Å²) in [7, 11) is -2.38. The molecule has 1 heterocycles. The van der Waals surface area contributed by atoms with Gasteiger partial charge < -0.3 is 9.30 Å². The number of hydrogen-bond donors (Lipinski definition) is 2. The fraction of sp³-hybridized carbons (Fsp3) is 0.125. The minimum absolute atomic E-state index is 0.0154. The Hall–Kier alpha value is -2.91. The molecule has 1 aromatic heterocycles. The van der Waals surface area contributed by atoms with Crippen LogP contribution in [0.1, 0.15) is 0 Å². The second-order valence-corrected chi connectivity index (χ2v) is 6.87. The number of benzene rings is 2. The van der Waals surface area contributed by atoms with Crippen molar-refractivity contribution in [2.24, 2.45) is 0 Å². The van der Waals surface area contributed by atoms with Crippen molar-refractivity contribution in [3.05, 3.63) is 54.9 Å². The summed E-state index contributed by atoms with van der Waals surface area (Å²) >= 11 is 0. The lowest BCUT2D eigenvalue weighted by molar-refractivity contribution is -0.122. The van der Waals surface area contributed by atoms with Crippen molar-refractivity contribution >= 4 is 27.0 Å². The predicted molar refractivity (Wildman–Crippen MR) is 91.2 cm³/mol. The number of ether oxygens (including phenoxy) is 1. The Kier molecular flexibility index (Phi) is 4.68. The number of para-hydroxylation sites is 2. The van der Waals surface area contributed by atoms with Gasteiger partial charge in [0.1, 0.15) is 12.3 Å². The van der Waals surface area contributed by atoms with Gasteiger partial charge in [0.05, 0.1) is 29.4 Å². The Morgan fingerprint density at radius 3 is 2.60 bits per heavy atom. The first-order chi connectivity index (χ1) is 12.0. The monoisotopic (exact) mass is 360 g/mol. The molecule has 130 valence electrons. The first-order valence-electron chi connectivity index (χ1n) is 7.34. The van der Waals surface area contributed by atoms with Gasteiger partial charge in [0.15, 0.2) is 0 Å². The molecule has 0 aliphatic carbocycles. The molecule has 0 atom stereocenters. The lowest BCUT2D eigenvalue weighted by Gasteiger charge is -2.09. The summed E-state index contributed by atoms with van der Waals surface area (Å²) in [5, 5.41) is 0. The maximum absolute atomic E-state index is 12.2. The largest absolute Gasteiger partial charge is 0.497 e. The van der Waals surface area contributed by atoms with E-state index in [4.69, 9.17) is 4.74 Å². The Balaban J connectivity index is 1.64. The average Bonchev–Trinajstić information content (AvgIpc) is 3.03. The molecule has 0 aliphatic heterocycles. The molecule has 0 aliphatic rings. The van der Waals surface area contributed by atoms with Crippen molar-refractivity contribution in [1.29, 1.82) is 0 Å². The Labute approximate surface area is 144 Å². The smallest absolute Gasteiger partial charge is 0.257 e. The van der Waals surface area contributed by atoms with Crippen LogP contribution >= 0.6 is 0 Å². The van der Waals surface area contributed by atoms with Crippen LogP contribution in [-0.2, 0) is 21.4 Å². The van der Waals surface area contributed by atoms with Crippen LogP contribution in [0.2, 0.25) is 0 Å². The molecular weight excluding hydrogens is 344 g/mol. The summed E-state index contributed by atoms with van der Waals surface area (Å²) < 4.78 is 30.9. The molecule has 1 amide bonds. The van der Waals surface area contributed by atoms with Crippen LogP contribution in [0.5, 0.6) is 5.75 Å². The number of hydrogen-bond acceptors (Lipinski definition) is 5. The van der Waals surface area contributed by atoms with Crippen molar-refractivity contribution < 1.29 is 17.9 Å². The number of fused-ring (bicyclic) bond motifs is 1. The number of carbonyl (C=O) groups excluding carboxylic acids is 1. The van der Waals surface area contributed by atoms with Crippen molar-refractivity contribution in [3.8, 4) is 5.75 Å². The number of hydrazine groups is 1. The van der Waals surface area contributed by atoms with Gasteiger partial charge in [0, 0.05) is 0 Å². The van der Waals surface area contributed by atoms with Crippen LogP contribution in [0.15, 0.2) is 59.8 Å². The Morgan fingerprint density at radius 1 is 1.16 bits per heavy atom. The first-order valence-corrected chi connectivity index (χ1v) is 8.82. The molecule has 3 rings (SSSR count). The SMILES string of the molecule is COc1ccc(S(=O)(=O)NNC(=O)Cn2cnc3ccccc32)cc1. The highest BCUT2D eigenvalue weighted by atomic mass is 32.2. The number of sulfonamides is 1. The summed E-state index contributed by atoms with van der Waals surface area (Å²) in [4.78, 5) is 18.3. The molecule has 0 saturated carbocycles. The molecule has 9 heteroatoms. The van der Waals surface area contributed by atoms with E-state index < -0.39 is 15.9 Å². The third-order valence-corrected chi connectivity index (χ3v) is 4.80. The molecule has 0 saturated heterocycles. The van der Waals surface area contributed by atoms with Gasteiger partial charge in [0.25, 0.3) is 15.9 Å². The molecule has 3 aromatic rings. The lowest BCUT2D eigenvalue weighted by Crippen LogP contribution is -2.43. The number of rotatable bonds is 6. The van der Waals surface area contributed by atoms with Gasteiger partial charge in [-0.2, -0.15) is 0 Å². The molecule has 0 radical (unpaired) electrons. The molecule has 2 N–H and O–H groups in total. The predicted octanol–water partition coefficient (Wildman–Crippen LogP) is 1.05. The summed E-state index contributed by atoms with van der Waals surface area (Å²) in [5.41, 5.74) is 3.74. The van der Waals surface area contributed by atoms with Gasteiger partial charge in [-0.1, -0.05) is 12.1 Å². The van der Waals surface area contributed by atoms with Gasteiger partial charge in [-0.3, -0.25) is 10.2 Å². The van der Waals surface area contributed by atoms with Gasteiger partial charge in [-0.15, -0.1) is 4.83 Å². The molecule has 8 nitrogen and oxygen atoms in total. The number of imidazole rings is 1. The Morgan fingerprint density at radius 2 is 1.88 bits per heavy atom. The number of carbonyl (C=O) groups is 1. The van der Waals surface area contributed by atoms with Gasteiger partial charge in [-0.25, -0.2) is 13.4 Å². The number of nitrogens with zero attached hydrogens (tertiary/aromatic N) is 2. The molecule has 2 aromatic carbocycles. The van der Waals surface area contributed by atoms with E-state index in [2.05, 4.69) is 15.2 Å². The van der Waals surface area contributed by atoms with Gasteiger partial charge >= 0.3 is 0 Å². The second kappa shape index (κ2) is 6.91. The third kappa shape index (κ3) is 3.78. The van der Waals surface area contributed by atoms with Crippen LogP contribution in [0.4, 0.5) is 0 Å². The molecular formula is C16H16N4O4S. The number of methoxy groups -OCH3 is 1. The van der Waals surface area contributed by atoms with E-state index in [1.165, 1.54) is 37.7 Å². The molecule has 0 spiro atoms. The number of aromatic nitrogens is 2. The molecule has 0 fully saturated rings. The summed E-state index contributed by atoms with van der Waals surface area (Å²) in [6.07, 6.45) is 1.53. The van der Waals surface area contributed by atoms with E-state index in [-0.39, 0.29) is 11.4 Å². The molecule has 0 unspecified atom stereocenters. The summed E-state index contributed by atoms with van der Waals surface area (Å²) in [6.45, 7) is -0.0638. The quantitative estimate of drug-likeness (QED) is 0.640. The topological polar surface area (TPSA) is 102 Å². The molecule has 0 bridgehead atoms. The van der Waals surface area contributed by atoms with Crippen LogP contribution in [0.3, 0.4) is 0 Å². The number of amides is 1. The normalized spacial score (nSPS) is 11.4. The minimum Gasteiger partial charge on any atom is -0.497 e. The zero-order chi connectivity index (χ0) is 17.9. The van der Waals surface area contributed by atoms with Gasteiger partial charge in [0.2, 0.25) is 0 Å². The average molecular weight is 360 g/mol. The summed E-state index contributed by atoms with van der Waals surface area (Å²) in [6, 6.07) is 13.2. The van der Waals surface area contributed by atoms with E-state index in [0.29, 0.717) is 5.75 Å².